The van der Waals surface area contributed by atoms with Crippen LogP contribution in [0.15, 0.2) is 188 Å². The molecule has 0 radical (unpaired) electrons. The molecule has 1 unspecified atom stereocenters. The van der Waals surface area contributed by atoms with Crippen LogP contribution in [0.1, 0.15) is 17.5 Å². The van der Waals surface area contributed by atoms with E-state index in [2.05, 4.69) is 198 Å². The van der Waals surface area contributed by atoms with Crippen LogP contribution < -0.4 is 4.90 Å². The third-order valence-electron chi connectivity index (χ3n) is 10.5. The molecule has 50 heavy (non-hydrogen) atoms. The lowest BCUT2D eigenvalue weighted by Crippen LogP contribution is -2.27. The molecule has 0 saturated carbocycles. The summed E-state index contributed by atoms with van der Waals surface area (Å²) in [6, 6.07) is 64.2. The van der Waals surface area contributed by atoms with Crippen LogP contribution >= 0.6 is 0 Å². The lowest BCUT2D eigenvalue weighted by molar-refractivity contribution is 0.831. The van der Waals surface area contributed by atoms with Gasteiger partial charge in [-0.05, 0) is 100.0 Å². The molecule has 2 nitrogen and oxygen atoms in total. The van der Waals surface area contributed by atoms with Gasteiger partial charge in [-0.3, -0.25) is 0 Å². The first-order chi connectivity index (χ1) is 24.8. The average Bonchev–Trinajstić information content (AvgIpc) is 3.71. The van der Waals surface area contributed by atoms with E-state index in [1.165, 1.54) is 83.4 Å². The number of aromatic nitrogens is 1. The summed E-state index contributed by atoms with van der Waals surface area (Å²) in [5.41, 5.74) is 16.3. The molecule has 1 aliphatic carbocycles. The minimum Gasteiger partial charge on any atom is -0.333 e. The minimum absolute atomic E-state index is 0.256. The van der Waals surface area contributed by atoms with Gasteiger partial charge in [-0.25, -0.2) is 0 Å². The van der Waals surface area contributed by atoms with Crippen molar-refractivity contribution < 1.29 is 0 Å². The first-order valence-electron chi connectivity index (χ1n) is 17.5. The van der Waals surface area contributed by atoms with Gasteiger partial charge in [0.25, 0.3) is 0 Å². The summed E-state index contributed by atoms with van der Waals surface area (Å²) in [6.07, 6.45) is 5.83. The lowest BCUT2D eigenvalue weighted by Gasteiger charge is -2.30. The Kier molecular flexibility index (Phi) is 6.67. The van der Waals surface area contributed by atoms with Gasteiger partial charge in [-0.1, -0.05) is 133 Å². The molecule has 0 amide bonds. The van der Waals surface area contributed by atoms with Crippen LogP contribution in [0.25, 0.3) is 60.9 Å². The summed E-state index contributed by atoms with van der Waals surface area (Å²) in [7, 11) is 0. The Hall–Kier alpha value is -6.38. The molecule has 1 aromatic heterocycles. The molecule has 0 fully saturated rings. The van der Waals surface area contributed by atoms with E-state index in [4.69, 9.17) is 0 Å². The van der Waals surface area contributed by atoms with Gasteiger partial charge in [0.05, 0.1) is 17.1 Å². The highest BCUT2D eigenvalue weighted by atomic mass is 15.2. The van der Waals surface area contributed by atoms with Crippen molar-refractivity contribution in [1.82, 2.24) is 4.57 Å². The average molecular weight is 639 g/mol. The second kappa shape index (κ2) is 11.6. The van der Waals surface area contributed by atoms with Gasteiger partial charge in [0.15, 0.2) is 0 Å². The number of anilines is 2. The van der Waals surface area contributed by atoms with Crippen LogP contribution in [0.4, 0.5) is 11.4 Å². The Morgan fingerprint density at radius 2 is 1.08 bits per heavy atom. The van der Waals surface area contributed by atoms with Crippen molar-refractivity contribution in [3.8, 4) is 27.9 Å². The number of nitrogens with zero attached hydrogens (tertiary/aromatic N) is 2. The molecule has 236 valence electrons. The minimum atomic E-state index is 0.256. The fourth-order valence-electron chi connectivity index (χ4n) is 8.14. The lowest BCUT2D eigenvalue weighted by atomic mass is 9.89. The standard InChI is InChI=1S/C48H34N2/c1-3-12-33(13-4-1)35-22-26-39(27-23-35)49-45-20-9-7-18-41(45)43-31-37(24-28-47(43)49)38-25-29-48-44(32-38)42-19-8-10-21-46(42)50(48)40-17-11-16-36(30-40)34-14-5-2-6-15-34/h1-28,30-32,48H,29H2. The van der Waals surface area contributed by atoms with Gasteiger partial charge in [0, 0.05) is 33.4 Å². The molecule has 0 N–H and O–H groups in total. The molecular weight excluding hydrogens is 605 g/mol. The van der Waals surface area contributed by atoms with Gasteiger partial charge < -0.3 is 9.47 Å². The van der Waals surface area contributed by atoms with Crippen molar-refractivity contribution >= 4 is 44.3 Å². The van der Waals surface area contributed by atoms with Crippen LogP contribution in [0.2, 0.25) is 0 Å². The second-order valence-electron chi connectivity index (χ2n) is 13.3. The Balaban J connectivity index is 1.03. The molecule has 2 aliphatic rings. The van der Waals surface area contributed by atoms with E-state index in [0.29, 0.717) is 0 Å². The molecule has 8 aromatic rings. The molecule has 1 aliphatic heterocycles. The smallest absolute Gasteiger partial charge is 0.0633 e. The number of para-hydroxylation sites is 2. The first-order valence-corrected chi connectivity index (χ1v) is 17.5. The molecule has 7 aromatic carbocycles. The third kappa shape index (κ3) is 4.64. The summed E-state index contributed by atoms with van der Waals surface area (Å²) in [4.78, 5) is 2.54. The maximum Gasteiger partial charge on any atom is 0.0633 e. The van der Waals surface area contributed by atoms with E-state index >= 15 is 0 Å². The topological polar surface area (TPSA) is 8.17 Å². The van der Waals surface area contributed by atoms with E-state index in [9.17, 15) is 0 Å². The van der Waals surface area contributed by atoms with Gasteiger partial charge >= 0.3 is 0 Å². The fraction of sp³-hybridized carbons (Fsp3) is 0.0417. The number of hydrogen-bond acceptors (Lipinski definition) is 1. The fourth-order valence-corrected chi connectivity index (χ4v) is 8.14. The number of allylic oxidation sites excluding steroid dienone is 2. The van der Waals surface area contributed by atoms with Crippen molar-refractivity contribution in [2.24, 2.45) is 0 Å². The third-order valence-corrected chi connectivity index (χ3v) is 10.5. The highest BCUT2D eigenvalue weighted by molar-refractivity contribution is 6.10. The SMILES string of the molecule is C1=C(c2ccc3c(c2)c2ccccc2n3-c2ccc(-c3ccccc3)cc2)C=C2c3ccccc3N(c3cccc(-c4ccccc4)c3)C2C1. The van der Waals surface area contributed by atoms with Gasteiger partial charge in [-0.15, -0.1) is 0 Å². The van der Waals surface area contributed by atoms with Gasteiger partial charge in [-0.2, -0.15) is 0 Å². The van der Waals surface area contributed by atoms with Gasteiger partial charge in [0.1, 0.15) is 0 Å². The summed E-state index contributed by atoms with van der Waals surface area (Å²) in [5, 5.41) is 2.55. The Labute approximate surface area is 292 Å². The molecule has 0 spiro atoms. The van der Waals surface area contributed by atoms with E-state index in [-0.39, 0.29) is 6.04 Å². The van der Waals surface area contributed by atoms with E-state index in [0.717, 1.165) is 6.42 Å². The zero-order valence-corrected chi connectivity index (χ0v) is 27.6. The van der Waals surface area contributed by atoms with Gasteiger partial charge in [0.2, 0.25) is 0 Å². The maximum absolute atomic E-state index is 2.54. The number of benzene rings is 7. The largest absolute Gasteiger partial charge is 0.333 e. The Bertz CT molecular complexity index is 2610. The first kappa shape index (κ1) is 28.6. The Morgan fingerprint density at radius 1 is 0.440 bits per heavy atom. The quantitative estimate of drug-likeness (QED) is 0.182. The molecule has 0 bridgehead atoms. The molecule has 2 heterocycles. The van der Waals surface area contributed by atoms with Crippen LogP contribution in [0, 0.1) is 0 Å². The van der Waals surface area contributed by atoms with E-state index in [1.54, 1.807) is 0 Å². The summed E-state index contributed by atoms with van der Waals surface area (Å²) >= 11 is 0. The van der Waals surface area contributed by atoms with E-state index in [1.807, 2.05) is 0 Å². The second-order valence-corrected chi connectivity index (χ2v) is 13.3. The van der Waals surface area contributed by atoms with Crippen molar-refractivity contribution in [2.45, 2.75) is 12.5 Å². The van der Waals surface area contributed by atoms with Crippen LogP contribution in [0.3, 0.4) is 0 Å². The zero-order chi connectivity index (χ0) is 33.0. The number of rotatable bonds is 5. The zero-order valence-electron chi connectivity index (χ0n) is 27.6. The van der Waals surface area contributed by atoms with Crippen molar-refractivity contribution in [3.63, 3.8) is 0 Å². The molecule has 0 saturated heterocycles. The van der Waals surface area contributed by atoms with Crippen LogP contribution in [-0.2, 0) is 0 Å². The summed E-state index contributed by atoms with van der Waals surface area (Å²) in [5.74, 6) is 0. The van der Waals surface area contributed by atoms with Crippen LogP contribution in [-0.4, -0.2) is 10.6 Å². The predicted molar refractivity (Wildman–Crippen MR) is 211 cm³/mol. The summed E-state index contributed by atoms with van der Waals surface area (Å²) < 4.78 is 2.40. The molecular formula is C48H34N2. The summed E-state index contributed by atoms with van der Waals surface area (Å²) in [6.45, 7) is 0. The van der Waals surface area contributed by atoms with E-state index < -0.39 is 0 Å². The highest BCUT2D eigenvalue weighted by Gasteiger charge is 2.36. The van der Waals surface area contributed by atoms with Crippen molar-refractivity contribution in [3.05, 3.63) is 199 Å². The molecule has 2 heteroatoms. The molecule has 10 rings (SSSR count). The normalized spacial score (nSPS) is 15.1. The predicted octanol–water partition coefficient (Wildman–Crippen LogP) is 12.5. The number of fused-ring (bicyclic) bond motifs is 6. The molecule has 1 atom stereocenters. The maximum atomic E-state index is 2.54. The van der Waals surface area contributed by atoms with Crippen molar-refractivity contribution in [2.75, 3.05) is 4.90 Å². The van der Waals surface area contributed by atoms with Crippen LogP contribution in [0.5, 0.6) is 0 Å². The Morgan fingerprint density at radius 3 is 1.90 bits per heavy atom. The highest BCUT2D eigenvalue weighted by Crippen LogP contribution is 2.49. The van der Waals surface area contributed by atoms with Crippen molar-refractivity contribution in [1.29, 1.82) is 0 Å². The monoisotopic (exact) mass is 638 g/mol. The number of hydrogen-bond donors (Lipinski definition) is 0.